The van der Waals surface area contributed by atoms with Crippen molar-refractivity contribution < 1.29 is 14.0 Å². The third kappa shape index (κ3) is 5.46. The van der Waals surface area contributed by atoms with E-state index in [2.05, 4.69) is 15.5 Å². The van der Waals surface area contributed by atoms with Crippen molar-refractivity contribution in [1.82, 2.24) is 15.5 Å². The maximum atomic E-state index is 13.8. The Kier molecular flexibility index (Phi) is 6.99. The van der Waals surface area contributed by atoms with Crippen molar-refractivity contribution in [2.24, 2.45) is 0 Å². The van der Waals surface area contributed by atoms with Crippen molar-refractivity contribution in [3.8, 4) is 0 Å². The molecule has 0 atom stereocenters. The van der Waals surface area contributed by atoms with Gasteiger partial charge in [0.15, 0.2) is 0 Å². The maximum Gasteiger partial charge on any atom is 0.254 e. The highest BCUT2D eigenvalue weighted by Crippen LogP contribution is 2.16. The lowest BCUT2D eigenvalue weighted by Crippen LogP contribution is -2.47. The molecule has 24 heavy (non-hydrogen) atoms. The normalized spacial score (nSPS) is 16.0. The Hall–Kier alpha value is -1.66. The summed E-state index contributed by atoms with van der Waals surface area (Å²) < 4.78 is 13.8. The Labute approximate surface area is 146 Å². The zero-order valence-corrected chi connectivity index (χ0v) is 14.5. The second-order valence-electron chi connectivity index (χ2n) is 6.00. The molecular formula is C17H23ClFN3O2. The van der Waals surface area contributed by atoms with Gasteiger partial charge < -0.3 is 10.6 Å². The van der Waals surface area contributed by atoms with Crippen LogP contribution in [0.5, 0.6) is 0 Å². The molecule has 0 aliphatic carbocycles. The number of benzene rings is 1. The van der Waals surface area contributed by atoms with Gasteiger partial charge in [0.2, 0.25) is 5.91 Å². The third-order valence-corrected chi connectivity index (χ3v) is 4.27. The van der Waals surface area contributed by atoms with E-state index in [-0.39, 0.29) is 22.5 Å². The van der Waals surface area contributed by atoms with Crippen molar-refractivity contribution in [2.75, 3.05) is 26.2 Å². The van der Waals surface area contributed by atoms with Crippen LogP contribution in [0.1, 0.15) is 36.5 Å². The van der Waals surface area contributed by atoms with Crippen LogP contribution in [0.25, 0.3) is 0 Å². The number of hydrogen-bond acceptors (Lipinski definition) is 3. The average molecular weight is 356 g/mol. The molecule has 0 aromatic heterocycles. The molecule has 2 rings (SSSR count). The van der Waals surface area contributed by atoms with Gasteiger partial charge in [-0.3, -0.25) is 14.5 Å². The van der Waals surface area contributed by atoms with Gasteiger partial charge in [-0.05, 0) is 37.5 Å². The lowest BCUT2D eigenvalue weighted by Gasteiger charge is -2.31. The molecule has 1 aromatic carbocycles. The Morgan fingerprint density at radius 2 is 2.04 bits per heavy atom. The summed E-state index contributed by atoms with van der Waals surface area (Å²) in [5.74, 6) is -1.02. The van der Waals surface area contributed by atoms with Crippen molar-refractivity contribution >= 4 is 23.4 Å². The Morgan fingerprint density at radius 3 is 2.67 bits per heavy atom. The number of rotatable bonds is 6. The fourth-order valence-corrected chi connectivity index (χ4v) is 2.85. The summed E-state index contributed by atoms with van der Waals surface area (Å²) in [5, 5.41) is 5.97. The van der Waals surface area contributed by atoms with Crippen LogP contribution < -0.4 is 10.6 Å². The predicted molar refractivity (Wildman–Crippen MR) is 91.6 cm³/mol. The summed E-state index contributed by atoms with van der Waals surface area (Å²) in [4.78, 5) is 25.9. The minimum atomic E-state index is -0.620. The zero-order valence-electron chi connectivity index (χ0n) is 13.8. The Bertz CT molecular complexity index is 589. The minimum Gasteiger partial charge on any atom is -0.355 e. The highest BCUT2D eigenvalue weighted by molar-refractivity contribution is 6.30. The molecule has 1 heterocycles. The molecule has 1 fully saturated rings. The van der Waals surface area contributed by atoms with E-state index in [1.54, 1.807) is 0 Å². The van der Waals surface area contributed by atoms with Gasteiger partial charge in [-0.2, -0.15) is 0 Å². The number of nitrogens with one attached hydrogen (secondary N) is 2. The average Bonchev–Trinajstić information content (AvgIpc) is 2.54. The van der Waals surface area contributed by atoms with Crippen molar-refractivity contribution in [2.45, 2.75) is 32.2 Å². The Balaban J connectivity index is 1.78. The van der Waals surface area contributed by atoms with E-state index >= 15 is 0 Å². The molecule has 0 spiro atoms. The maximum absolute atomic E-state index is 13.8. The van der Waals surface area contributed by atoms with E-state index in [1.165, 1.54) is 12.1 Å². The van der Waals surface area contributed by atoms with E-state index < -0.39 is 11.7 Å². The van der Waals surface area contributed by atoms with Gasteiger partial charge in [-0.25, -0.2) is 4.39 Å². The molecule has 2 N–H and O–H groups in total. The van der Waals surface area contributed by atoms with Crippen LogP contribution in [0.15, 0.2) is 18.2 Å². The molecule has 1 aromatic rings. The van der Waals surface area contributed by atoms with Crippen molar-refractivity contribution in [3.05, 3.63) is 34.6 Å². The summed E-state index contributed by atoms with van der Waals surface area (Å²) in [6.07, 6.45) is 2.39. The molecule has 2 amide bonds. The topological polar surface area (TPSA) is 61.4 Å². The van der Waals surface area contributed by atoms with Crippen LogP contribution in [0.2, 0.25) is 5.02 Å². The van der Waals surface area contributed by atoms with Crippen LogP contribution in [0.4, 0.5) is 4.39 Å². The number of likely N-dealkylation sites (tertiary alicyclic amines) is 1. The van der Waals surface area contributed by atoms with Crippen LogP contribution in [0.3, 0.4) is 0 Å². The number of nitrogens with zero attached hydrogens (tertiary/aromatic N) is 1. The fourth-order valence-electron chi connectivity index (χ4n) is 2.70. The van der Waals surface area contributed by atoms with E-state index in [0.29, 0.717) is 13.1 Å². The van der Waals surface area contributed by atoms with Crippen molar-refractivity contribution in [3.63, 3.8) is 0 Å². The fraction of sp³-hybridized carbons (Fsp3) is 0.529. The largest absolute Gasteiger partial charge is 0.355 e. The highest BCUT2D eigenvalue weighted by Gasteiger charge is 2.23. The van der Waals surface area contributed by atoms with E-state index in [0.717, 1.165) is 38.4 Å². The van der Waals surface area contributed by atoms with Gasteiger partial charge >= 0.3 is 0 Å². The van der Waals surface area contributed by atoms with Crippen molar-refractivity contribution in [1.29, 1.82) is 0 Å². The predicted octanol–water partition coefficient (Wildman–Crippen LogP) is 2.20. The molecule has 0 radical (unpaired) electrons. The first-order valence-electron chi connectivity index (χ1n) is 8.24. The molecule has 0 unspecified atom stereocenters. The Morgan fingerprint density at radius 1 is 1.33 bits per heavy atom. The lowest BCUT2D eigenvalue weighted by atomic mass is 10.0. The first-order valence-corrected chi connectivity index (χ1v) is 8.62. The number of amides is 2. The monoisotopic (exact) mass is 355 g/mol. The molecule has 1 aliphatic rings. The van der Waals surface area contributed by atoms with Gasteiger partial charge in [-0.15, -0.1) is 0 Å². The van der Waals surface area contributed by atoms with Gasteiger partial charge in [0, 0.05) is 30.7 Å². The minimum absolute atomic E-state index is 0.000716. The quantitative estimate of drug-likeness (QED) is 0.822. The number of halogens is 2. The summed E-state index contributed by atoms with van der Waals surface area (Å²) in [7, 11) is 0. The first-order chi connectivity index (χ1) is 11.5. The SMILES string of the molecule is CCCNC(=O)CN1CCC(NC(=O)c2ccc(Cl)cc2F)CC1. The summed E-state index contributed by atoms with van der Waals surface area (Å²) >= 11 is 5.69. The smallest absolute Gasteiger partial charge is 0.254 e. The van der Waals surface area contributed by atoms with Gasteiger partial charge in [0.05, 0.1) is 12.1 Å². The molecule has 5 nitrogen and oxygen atoms in total. The number of carbonyl (C=O) groups excluding carboxylic acids is 2. The number of piperidine rings is 1. The first kappa shape index (κ1) is 18.7. The van der Waals surface area contributed by atoms with Gasteiger partial charge in [-0.1, -0.05) is 18.5 Å². The number of carbonyl (C=O) groups is 2. The highest BCUT2D eigenvalue weighted by atomic mass is 35.5. The zero-order chi connectivity index (χ0) is 17.5. The van der Waals surface area contributed by atoms with Crippen LogP contribution >= 0.6 is 11.6 Å². The van der Waals surface area contributed by atoms with Gasteiger partial charge in [0.25, 0.3) is 5.91 Å². The van der Waals surface area contributed by atoms with Crippen LogP contribution in [-0.2, 0) is 4.79 Å². The van der Waals surface area contributed by atoms with Gasteiger partial charge in [0.1, 0.15) is 5.82 Å². The van der Waals surface area contributed by atoms with Crippen LogP contribution in [0, 0.1) is 5.82 Å². The third-order valence-electron chi connectivity index (χ3n) is 4.04. The summed E-state index contributed by atoms with van der Waals surface area (Å²) in [6, 6.07) is 4.01. The second-order valence-corrected chi connectivity index (χ2v) is 6.43. The molecule has 132 valence electrons. The summed E-state index contributed by atoms with van der Waals surface area (Å²) in [6.45, 7) is 4.55. The van der Waals surface area contributed by atoms with Crippen LogP contribution in [-0.4, -0.2) is 48.9 Å². The molecule has 0 saturated carbocycles. The molecule has 0 bridgehead atoms. The standard InChI is InChI=1S/C17H23ClFN3O2/c1-2-7-20-16(23)11-22-8-5-13(6-9-22)21-17(24)14-4-3-12(18)10-15(14)19/h3-4,10,13H,2,5-9,11H2,1H3,(H,20,23)(H,21,24). The molecule has 1 aliphatic heterocycles. The number of hydrogen-bond donors (Lipinski definition) is 2. The summed E-state index contributed by atoms with van der Waals surface area (Å²) in [5.41, 5.74) is 0.000716. The lowest BCUT2D eigenvalue weighted by molar-refractivity contribution is -0.122. The van der Waals surface area contributed by atoms with E-state index in [9.17, 15) is 14.0 Å². The molecule has 7 heteroatoms. The second kappa shape index (κ2) is 8.99. The molecule has 1 saturated heterocycles. The molecular weight excluding hydrogens is 333 g/mol. The van der Waals surface area contributed by atoms with E-state index in [4.69, 9.17) is 11.6 Å². The van der Waals surface area contributed by atoms with E-state index in [1.807, 2.05) is 6.92 Å².